The minimum Gasteiger partial charge on any atom is -0.508 e. The van der Waals surface area contributed by atoms with E-state index in [9.17, 15) is 24.3 Å². The first kappa shape index (κ1) is 26.1. The van der Waals surface area contributed by atoms with E-state index in [1.54, 1.807) is 29.6 Å². The lowest BCUT2D eigenvalue weighted by molar-refractivity contribution is -0.146. The molecule has 1 heterocycles. The van der Waals surface area contributed by atoms with Gasteiger partial charge >= 0.3 is 5.97 Å². The summed E-state index contributed by atoms with van der Waals surface area (Å²) in [5, 5.41) is 14.7. The van der Waals surface area contributed by atoms with E-state index in [2.05, 4.69) is 21.2 Å². The largest absolute Gasteiger partial charge is 0.508 e. The molecule has 0 aliphatic carbocycles. The summed E-state index contributed by atoms with van der Waals surface area (Å²) in [4.78, 5) is 50.8. The van der Waals surface area contributed by atoms with Crippen LogP contribution >= 0.6 is 27.3 Å². The summed E-state index contributed by atoms with van der Waals surface area (Å²) in [6, 6.07) is 12.8. The Morgan fingerprint density at radius 3 is 2.54 bits per heavy atom. The maximum atomic E-state index is 13.0. The predicted octanol–water partition coefficient (Wildman–Crippen LogP) is 3.28. The number of phenolic OH excluding ortho intramolecular Hbond substituents is 1. The molecule has 1 atom stereocenters. The summed E-state index contributed by atoms with van der Waals surface area (Å²) in [6.45, 7) is 0.196. The summed E-state index contributed by atoms with van der Waals surface area (Å²) in [6.07, 6.45) is -0.345. The smallest absolute Gasteiger partial charge is 0.330 e. The third kappa shape index (κ3) is 6.53. The Bertz CT molecular complexity index is 1250. The molecule has 0 bridgehead atoms. The van der Waals surface area contributed by atoms with Crippen molar-refractivity contribution in [2.45, 2.75) is 19.0 Å². The van der Waals surface area contributed by atoms with Crippen LogP contribution in [0.5, 0.6) is 5.75 Å². The van der Waals surface area contributed by atoms with E-state index in [1.807, 2.05) is 0 Å². The Labute approximate surface area is 213 Å². The number of ketones is 1. The molecule has 1 unspecified atom stereocenters. The Morgan fingerprint density at radius 1 is 1.14 bits per heavy atom. The number of carbonyl (C=O) groups is 4. The Hall–Kier alpha value is -3.54. The third-order valence-electron chi connectivity index (χ3n) is 5.04. The maximum absolute atomic E-state index is 13.0. The average molecular weight is 560 g/mol. The molecule has 0 fully saturated rings. The number of hydrogen-bond donors (Lipinski definition) is 3. The van der Waals surface area contributed by atoms with Crippen molar-refractivity contribution in [2.24, 2.45) is 5.84 Å². The monoisotopic (exact) mass is 559 g/mol. The summed E-state index contributed by atoms with van der Waals surface area (Å²) in [5.74, 6) is 3.76. The molecule has 35 heavy (non-hydrogen) atoms. The zero-order chi connectivity index (χ0) is 25.5. The highest BCUT2D eigenvalue weighted by atomic mass is 79.9. The number of phenols is 1. The number of thiophene rings is 1. The fourth-order valence-electron chi connectivity index (χ4n) is 3.21. The number of nitrogens with zero attached hydrogens (tertiary/aromatic N) is 1. The normalized spacial score (nSPS) is 11.4. The molecule has 2 aromatic carbocycles. The van der Waals surface area contributed by atoms with Crippen molar-refractivity contribution in [1.29, 1.82) is 0 Å². The fraction of sp³-hybridized carbons (Fsp3) is 0.167. The van der Waals surface area contributed by atoms with Gasteiger partial charge in [0.15, 0.2) is 11.8 Å². The van der Waals surface area contributed by atoms with Gasteiger partial charge in [-0.15, -0.1) is 11.3 Å². The molecule has 0 aliphatic heterocycles. The zero-order valence-electron chi connectivity index (χ0n) is 18.6. The van der Waals surface area contributed by atoms with E-state index >= 15 is 0 Å². The fourth-order valence-corrected chi connectivity index (χ4v) is 4.43. The first-order valence-electron chi connectivity index (χ1n) is 10.3. The lowest BCUT2D eigenvalue weighted by Crippen LogP contribution is -2.51. The van der Waals surface area contributed by atoms with Crippen LogP contribution < -0.4 is 11.2 Å². The Kier molecular flexibility index (Phi) is 8.74. The second-order valence-electron chi connectivity index (χ2n) is 7.40. The van der Waals surface area contributed by atoms with Gasteiger partial charge in [0, 0.05) is 23.0 Å². The lowest BCUT2D eigenvalue weighted by atomic mass is 10.1. The number of rotatable bonds is 9. The van der Waals surface area contributed by atoms with Crippen LogP contribution in [0.2, 0.25) is 0 Å². The number of methoxy groups -OCH3 is 1. The van der Waals surface area contributed by atoms with Crippen LogP contribution in [0.1, 0.15) is 42.4 Å². The molecule has 4 N–H and O–H groups in total. The number of ether oxygens (including phenoxy) is 1. The van der Waals surface area contributed by atoms with Crippen molar-refractivity contribution < 1.29 is 29.0 Å². The molecule has 2 amide bonds. The number of nitrogens with one attached hydrogen (secondary N) is 1. The van der Waals surface area contributed by atoms with Gasteiger partial charge in [0.25, 0.3) is 11.8 Å². The molecule has 0 spiro atoms. The van der Waals surface area contributed by atoms with Crippen molar-refractivity contribution in [3.05, 3.63) is 86.0 Å². The van der Waals surface area contributed by atoms with Gasteiger partial charge in [-0.2, -0.15) is 0 Å². The second-order valence-corrected chi connectivity index (χ2v) is 9.21. The van der Waals surface area contributed by atoms with Crippen molar-refractivity contribution in [3.8, 4) is 5.75 Å². The molecule has 0 saturated carbocycles. The summed E-state index contributed by atoms with van der Waals surface area (Å²) in [5.41, 5.74) is 1.08. The van der Waals surface area contributed by atoms with E-state index in [4.69, 9.17) is 10.6 Å². The predicted molar refractivity (Wildman–Crippen MR) is 133 cm³/mol. The van der Waals surface area contributed by atoms with Gasteiger partial charge in [-0.05, 0) is 63.3 Å². The summed E-state index contributed by atoms with van der Waals surface area (Å²) < 4.78 is 5.02. The Morgan fingerprint density at radius 2 is 1.91 bits per heavy atom. The van der Waals surface area contributed by atoms with Crippen molar-refractivity contribution >= 4 is 50.8 Å². The molecular formula is C24H22BrN3O6S. The standard InChI is InChI=1S/C24H22BrN3O6S/c1-34-24(33)19(12-20(30)21-6-3-9-35-21)28(26)23(32)17-8-7-15(11-18(17)25)22(31)27-13-14-4-2-5-16(29)10-14/h2-11,19,29H,12-13,26H2,1H3,(H,27,31). The van der Waals surface area contributed by atoms with Gasteiger partial charge in [0.2, 0.25) is 0 Å². The minimum atomic E-state index is -1.33. The van der Waals surface area contributed by atoms with Crippen molar-refractivity contribution in [2.75, 3.05) is 7.11 Å². The van der Waals surface area contributed by atoms with Crippen LogP contribution in [-0.2, 0) is 16.1 Å². The number of nitrogens with two attached hydrogens (primary N) is 1. The number of hydrogen-bond acceptors (Lipinski definition) is 8. The average Bonchev–Trinajstić information content (AvgIpc) is 3.39. The Balaban J connectivity index is 1.72. The zero-order valence-corrected chi connectivity index (χ0v) is 21.0. The number of carbonyl (C=O) groups excluding carboxylic acids is 4. The van der Waals surface area contributed by atoms with E-state index in [0.29, 0.717) is 15.4 Å². The minimum absolute atomic E-state index is 0.0921. The number of Topliss-reactive ketones (excluding diaryl/α,β-unsaturated/α-hetero) is 1. The summed E-state index contributed by atoms with van der Waals surface area (Å²) >= 11 is 4.49. The van der Waals surface area contributed by atoms with E-state index in [-0.39, 0.29) is 40.1 Å². The van der Waals surface area contributed by atoms with Crippen LogP contribution in [-0.4, -0.2) is 46.8 Å². The van der Waals surface area contributed by atoms with Crippen molar-refractivity contribution in [1.82, 2.24) is 10.3 Å². The SMILES string of the molecule is COC(=O)C(CC(=O)c1cccs1)N(N)C(=O)c1ccc(C(=O)NCc2cccc(O)c2)cc1Br. The molecule has 3 rings (SSSR count). The van der Waals surface area contributed by atoms with Gasteiger partial charge in [-0.3, -0.25) is 19.4 Å². The van der Waals surface area contributed by atoms with Crippen LogP contribution in [0.4, 0.5) is 0 Å². The van der Waals surface area contributed by atoms with Crippen LogP contribution in [0.15, 0.2) is 64.5 Å². The molecule has 182 valence electrons. The highest BCUT2D eigenvalue weighted by Gasteiger charge is 2.33. The van der Waals surface area contributed by atoms with Gasteiger partial charge in [-0.1, -0.05) is 18.2 Å². The topological polar surface area (TPSA) is 139 Å². The van der Waals surface area contributed by atoms with Crippen molar-refractivity contribution in [3.63, 3.8) is 0 Å². The molecule has 3 aromatic rings. The van der Waals surface area contributed by atoms with E-state index in [1.165, 1.54) is 41.7 Å². The number of hydrazine groups is 1. The third-order valence-corrected chi connectivity index (χ3v) is 6.61. The lowest BCUT2D eigenvalue weighted by Gasteiger charge is -2.25. The van der Waals surface area contributed by atoms with Crippen LogP contribution in [0.25, 0.3) is 0 Å². The van der Waals surface area contributed by atoms with Crippen LogP contribution in [0.3, 0.4) is 0 Å². The second kappa shape index (κ2) is 11.7. The first-order valence-corrected chi connectivity index (χ1v) is 12.0. The number of halogens is 1. The first-order chi connectivity index (χ1) is 16.7. The quantitative estimate of drug-likeness (QED) is 0.120. The molecule has 9 nitrogen and oxygen atoms in total. The number of aromatic hydroxyl groups is 1. The molecule has 11 heteroatoms. The molecular weight excluding hydrogens is 538 g/mol. The van der Waals surface area contributed by atoms with E-state index < -0.39 is 23.8 Å². The van der Waals surface area contributed by atoms with Gasteiger partial charge in [-0.25, -0.2) is 10.6 Å². The summed E-state index contributed by atoms with van der Waals surface area (Å²) in [7, 11) is 1.14. The van der Waals surface area contributed by atoms with Gasteiger partial charge < -0.3 is 15.2 Å². The highest BCUT2D eigenvalue weighted by Crippen LogP contribution is 2.22. The van der Waals surface area contributed by atoms with Gasteiger partial charge in [0.05, 0.1) is 17.6 Å². The molecule has 0 radical (unpaired) electrons. The molecule has 0 saturated heterocycles. The molecule has 1 aromatic heterocycles. The number of benzene rings is 2. The molecule has 0 aliphatic rings. The van der Waals surface area contributed by atoms with Crippen LogP contribution in [0, 0.1) is 0 Å². The van der Waals surface area contributed by atoms with E-state index in [0.717, 1.165) is 7.11 Å². The highest BCUT2D eigenvalue weighted by molar-refractivity contribution is 9.10. The number of amides is 2. The maximum Gasteiger partial charge on any atom is 0.330 e. The van der Waals surface area contributed by atoms with Gasteiger partial charge in [0.1, 0.15) is 5.75 Å². The number of esters is 1.